The fraction of sp³-hybridized carbons (Fsp3) is 0.273. The molecule has 0 aliphatic carbocycles. The number of rotatable bonds is 5. The highest BCUT2D eigenvalue weighted by molar-refractivity contribution is 7.99. The summed E-state index contributed by atoms with van der Waals surface area (Å²) in [7, 11) is 4.44. The second-order valence-electron chi connectivity index (χ2n) is 3.42. The van der Waals surface area contributed by atoms with Crippen molar-refractivity contribution in [2.75, 3.05) is 27.1 Å². The van der Waals surface area contributed by atoms with Gasteiger partial charge in [-0.25, -0.2) is 9.97 Å². The van der Waals surface area contributed by atoms with Crippen LogP contribution in [0.3, 0.4) is 0 Å². The van der Waals surface area contributed by atoms with E-state index >= 15 is 0 Å². The van der Waals surface area contributed by atoms with Crippen molar-refractivity contribution < 1.29 is 14.2 Å². The van der Waals surface area contributed by atoms with Crippen molar-refractivity contribution in [3.8, 4) is 17.8 Å². The summed E-state index contributed by atoms with van der Waals surface area (Å²) in [6, 6.07) is 1.75. The minimum absolute atomic E-state index is 0.150. The van der Waals surface area contributed by atoms with Crippen molar-refractivity contribution in [1.82, 2.24) is 19.9 Å². The zero-order chi connectivity index (χ0) is 14.5. The molecule has 0 saturated heterocycles. The van der Waals surface area contributed by atoms with Crippen molar-refractivity contribution in [2.24, 2.45) is 0 Å². The van der Waals surface area contributed by atoms with Gasteiger partial charge in [0.25, 0.3) is 0 Å². The van der Waals surface area contributed by atoms with Gasteiger partial charge in [-0.2, -0.15) is 9.97 Å². The molecule has 106 valence electrons. The molecule has 2 heterocycles. The highest BCUT2D eigenvalue weighted by Crippen LogP contribution is 2.39. The fourth-order valence-corrected chi connectivity index (χ4v) is 2.22. The number of methoxy groups -OCH3 is 3. The molecule has 0 aliphatic heterocycles. The standard InChI is InChI=1S/C11H13N5O3S/c1-17-8-7(9(18-2)16-10(15-8)19-3)20-11-13-5-4-6(12)14-11/h4-5H,1-3H3,(H2,12,13,14). The molecule has 0 unspecified atom stereocenters. The Balaban J connectivity index is 2.44. The molecule has 20 heavy (non-hydrogen) atoms. The van der Waals surface area contributed by atoms with Crippen LogP contribution < -0.4 is 19.9 Å². The molecule has 2 aromatic rings. The van der Waals surface area contributed by atoms with E-state index < -0.39 is 0 Å². The molecule has 8 nitrogen and oxygen atoms in total. The van der Waals surface area contributed by atoms with Crippen LogP contribution in [0.4, 0.5) is 5.82 Å². The first kappa shape index (κ1) is 14.1. The topological polar surface area (TPSA) is 105 Å². The Morgan fingerprint density at radius 1 is 1.00 bits per heavy atom. The third kappa shape index (κ3) is 2.99. The molecular weight excluding hydrogens is 282 g/mol. The lowest BCUT2D eigenvalue weighted by Gasteiger charge is -2.11. The summed E-state index contributed by atoms with van der Waals surface area (Å²) in [5.74, 6) is 0.990. The lowest BCUT2D eigenvalue weighted by molar-refractivity contribution is 0.316. The molecule has 0 spiro atoms. The van der Waals surface area contributed by atoms with Crippen molar-refractivity contribution in [3.63, 3.8) is 0 Å². The highest BCUT2D eigenvalue weighted by Gasteiger charge is 2.19. The summed E-state index contributed by atoms with van der Waals surface area (Å²) in [5.41, 5.74) is 5.62. The van der Waals surface area contributed by atoms with Gasteiger partial charge in [0, 0.05) is 6.20 Å². The van der Waals surface area contributed by atoms with E-state index in [9.17, 15) is 0 Å². The van der Waals surface area contributed by atoms with E-state index in [1.165, 1.54) is 33.1 Å². The van der Waals surface area contributed by atoms with Crippen LogP contribution in [0.25, 0.3) is 0 Å². The number of hydrogen-bond acceptors (Lipinski definition) is 9. The summed E-state index contributed by atoms with van der Waals surface area (Å²) < 4.78 is 15.4. The van der Waals surface area contributed by atoms with Crippen LogP contribution >= 0.6 is 11.8 Å². The second kappa shape index (κ2) is 6.24. The summed E-state index contributed by atoms with van der Waals surface area (Å²) in [5, 5.41) is 0.440. The number of ether oxygens (including phenoxy) is 3. The Morgan fingerprint density at radius 2 is 1.65 bits per heavy atom. The quantitative estimate of drug-likeness (QED) is 0.809. The fourth-order valence-electron chi connectivity index (χ4n) is 1.34. The summed E-state index contributed by atoms with van der Waals surface area (Å²) in [6.45, 7) is 0. The van der Waals surface area contributed by atoms with E-state index in [1.54, 1.807) is 12.3 Å². The van der Waals surface area contributed by atoms with E-state index in [-0.39, 0.29) is 6.01 Å². The van der Waals surface area contributed by atoms with Crippen molar-refractivity contribution in [2.45, 2.75) is 10.1 Å². The van der Waals surface area contributed by atoms with Gasteiger partial charge in [0.1, 0.15) is 10.7 Å². The third-order valence-corrected chi connectivity index (χ3v) is 3.13. The summed E-state index contributed by atoms with van der Waals surface area (Å²) in [6.07, 6.45) is 1.56. The third-order valence-electron chi connectivity index (χ3n) is 2.20. The molecular formula is C11H13N5O3S. The van der Waals surface area contributed by atoms with Crippen LogP contribution in [0.2, 0.25) is 0 Å². The molecule has 9 heteroatoms. The van der Waals surface area contributed by atoms with Crippen molar-refractivity contribution in [1.29, 1.82) is 0 Å². The average Bonchev–Trinajstić information content (AvgIpc) is 2.47. The van der Waals surface area contributed by atoms with E-state index in [0.29, 0.717) is 27.6 Å². The highest BCUT2D eigenvalue weighted by atomic mass is 32.2. The Hall–Kier alpha value is -2.29. The Bertz CT molecular complexity index is 585. The molecule has 0 radical (unpaired) electrons. The zero-order valence-corrected chi connectivity index (χ0v) is 12.0. The summed E-state index contributed by atoms with van der Waals surface area (Å²) >= 11 is 1.19. The molecule has 0 aromatic carbocycles. The van der Waals surface area contributed by atoms with Crippen LogP contribution in [-0.4, -0.2) is 41.3 Å². The van der Waals surface area contributed by atoms with Gasteiger partial charge in [-0.05, 0) is 17.8 Å². The first-order valence-electron chi connectivity index (χ1n) is 5.48. The maximum atomic E-state index is 5.62. The van der Waals surface area contributed by atoms with E-state index in [2.05, 4.69) is 19.9 Å². The number of anilines is 1. The molecule has 2 N–H and O–H groups in total. The molecule has 0 bridgehead atoms. The van der Waals surface area contributed by atoms with Crippen LogP contribution in [0.15, 0.2) is 22.3 Å². The van der Waals surface area contributed by atoms with Crippen molar-refractivity contribution in [3.05, 3.63) is 12.3 Å². The number of nitrogens with two attached hydrogens (primary N) is 1. The van der Waals surface area contributed by atoms with E-state index in [0.717, 1.165) is 0 Å². The van der Waals surface area contributed by atoms with Gasteiger partial charge in [-0.15, -0.1) is 0 Å². The average molecular weight is 295 g/mol. The Labute approximate surface area is 119 Å². The van der Waals surface area contributed by atoms with Crippen LogP contribution in [0, 0.1) is 0 Å². The predicted octanol–water partition coefficient (Wildman–Crippen LogP) is 1.03. The van der Waals surface area contributed by atoms with Gasteiger partial charge >= 0.3 is 6.01 Å². The minimum atomic E-state index is 0.150. The molecule has 2 aromatic heterocycles. The maximum absolute atomic E-state index is 5.62. The number of aromatic nitrogens is 4. The van der Waals surface area contributed by atoms with Crippen LogP contribution in [-0.2, 0) is 0 Å². The zero-order valence-electron chi connectivity index (χ0n) is 11.2. The molecule has 0 aliphatic rings. The van der Waals surface area contributed by atoms with Crippen LogP contribution in [0.5, 0.6) is 17.8 Å². The van der Waals surface area contributed by atoms with Gasteiger partial charge < -0.3 is 19.9 Å². The maximum Gasteiger partial charge on any atom is 0.322 e. The molecule has 2 rings (SSSR count). The van der Waals surface area contributed by atoms with Crippen LogP contribution in [0.1, 0.15) is 0 Å². The molecule has 0 saturated carbocycles. The van der Waals surface area contributed by atoms with Gasteiger partial charge in [0.05, 0.1) is 21.3 Å². The van der Waals surface area contributed by atoms with Gasteiger partial charge in [-0.3, -0.25) is 0 Å². The normalized spacial score (nSPS) is 10.2. The SMILES string of the molecule is COc1nc(OC)c(Sc2nccc(N)n2)c(OC)n1. The Morgan fingerprint density at radius 3 is 2.15 bits per heavy atom. The van der Waals surface area contributed by atoms with E-state index in [1.807, 2.05) is 0 Å². The lowest BCUT2D eigenvalue weighted by atomic mass is 10.6. The minimum Gasteiger partial charge on any atom is -0.480 e. The lowest BCUT2D eigenvalue weighted by Crippen LogP contribution is -2.02. The largest absolute Gasteiger partial charge is 0.480 e. The number of nitrogen functional groups attached to an aromatic ring is 1. The first-order chi connectivity index (χ1) is 9.67. The van der Waals surface area contributed by atoms with Gasteiger partial charge in [0.2, 0.25) is 11.8 Å². The molecule has 0 amide bonds. The predicted molar refractivity (Wildman–Crippen MR) is 72.3 cm³/mol. The summed E-state index contributed by atoms with van der Waals surface area (Å²) in [4.78, 5) is 16.9. The second-order valence-corrected chi connectivity index (χ2v) is 4.40. The first-order valence-corrected chi connectivity index (χ1v) is 6.30. The van der Waals surface area contributed by atoms with Gasteiger partial charge in [0.15, 0.2) is 5.16 Å². The van der Waals surface area contributed by atoms with Gasteiger partial charge in [-0.1, -0.05) is 0 Å². The smallest absolute Gasteiger partial charge is 0.322 e. The number of nitrogens with zero attached hydrogens (tertiary/aromatic N) is 4. The monoisotopic (exact) mass is 295 g/mol. The van der Waals surface area contributed by atoms with E-state index in [4.69, 9.17) is 19.9 Å². The Kier molecular flexibility index (Phi) is 4.41. The van der Waals surface area contributed by atoms with Crippen molar-refractivity contribution >= 4 is 17.6 Å². The molecule has 0 fully saturated rings. The number of hydrogen-bond donors (Lipinski definition) is 1. The molecule has 0 atom stereocenters.